The summed E-state index contributed by atoms with van der Waals surface area (Å²) in [6.45, 7) is 6.63. The predicted octanol–water partition coefficient (Wildman–Crippen LogP) is 4.68. The van der Waals surface area contributed by atoms with E-state index in [1.807, 2.05) is 18.2 Å². The summed E-state index contributed by atoms with van der Waals surface area (Å²) in [5, 5.41) is 4.34. The molecule has 0 amide bonds. The molecule has 0 fully saturated rings. The highest BCUT2D eigenvalue weighted by Gasteiger charge is 2.13. The molecule has 3 aromatic rings. The van der Waals surface area contributed by atoms with Gasteiger partial charge in [0.05, 0.1) is 12.6 Å². The van der Waals surface area contributed by atoms with Crippen molar-refractivity contribution in [2.45, 2.75) is 26.2 Å². The zero-order chi connectivity index (χ0) is 16.4. The molecule has 3 rings (SSSR count). The summed E-state index contributed by atoms with van der Waals surface area (Å²) in [7, 11) is 1.65. The second-order valence-corrected chi connectivity index (χ2v) is 6.56. The van der Waals surface area contributed by atoms with Gasteiger partial charge in [0.1, 0.15) is 17.9 Å². The summed E-state index contributed by atoms with van der Waals surface area (Å²) >= 11 is 0. The van der Waals surface area contributed by atoms with Crippen LogP contribution in [0, 0.1) is 0 Å². The number of hydrogen-bond donors (Lipinski definition) is 1. The smallest absolute Gasteiger partial charge is 0.141 e. The monoisotopic (exact) mass is 307 g/mol. The van der Waals surface area contributed by atoms with Gasteiger partial charge in [0.25, 0.3) is 0 Å². The van der Waals surface area contributed by atoms with Crippen molar-refractivity contribution < 1.29 is 4.74 Å². The maximum atomic E-state index is 5.24. The Morgan fingerprint density at radius 3 is 2.35 bits per heavy atom. The van der Waals surface area contributed by atoms with Crippen LogP contribution < -0.4 is 10.1 Å². The van der Waals surface area contributed by atoms with E-state index in [9.17, 15) is 0 Å². The van der Waals surface area contributed by atoms with Crippen molar-refractivity contribution in [2.75, 3.05) is 12.4 Å². The van der Waals surface area contributed by atoms with Gasteiger partial charge in [-0.05, 0) is 35.2 Å². The van der Waals surface area contributed by atoms with E-state index in [0.717, 1.165) is 28.2 Å². The van der Waals surface area contributed by atoms with Gasteiger partial charge in [-0.25, -0.2) is 9.97 Å². The lowest BCUT2D eigenvalue weighted by Crippen LogP contribution is -2.10. The van der Waals surface area contributed by atoms with E-state index in [1.165, 1.54) is 5.56 Å². The van der Waals surface area contributed by atoms with Crippen LogP contribution in [0.4, 0.5) is 11.5 Å². The van der Waals surface area contributed by atoms with Gasteiger partial charge in [-0.3, -0.25) is 0 Å². The number of anilines is 2. The number of methoxy groups -OCH3 is 1. The minimum atomic E-state index is 0.150. The predicted molar refractivity (Wildman–Crippen MR) is 94.5 cm³/mol. The zero-order valence-electron chi connectivity index (χ0n) is 13.9. The van der Waals surface area contributed by atoms with Crippen LogP contribution >= 0.6 is 0 Å². The first-order valence-electron chi connectivity index (χ1n) is 7.64. The topological polar surface area (TPSA) is 47.0 Å². The fourth-order valence-corrected chi connectivity index (χ4v) is 2.45. The number of aromatic nitrogens is 2. The maximum absolute atomic E-state index is 5.24. The molecule has 4 heteroatoms. The third-order valence-corrected chi connectivity index (χ3v) is 3.86. The molecular weight excluding hydrogens is 286 g/mol. The first-order valence-corrected chi connectivity index (χ1v) is 7.64. The highest BCUT2D eigenvalue weighted by molar-refractivity contribution is 5.91. The second kappa shape index (κ2) is 5.88. The van der Waals surface area contributed by atoms with Gasteiger partial charge >= 0.3 is 0 Å². The van der Waals surface area contributed by atoms with Crippen molar-refractivity contribution in [1.82, 2.24) is 9.97 Å². The zero-order valence-corrected chi connectivity index (χ0v) is 13.9. The summed E-state index contributed by atoms with van der Waals surface area (Å²) in [4.78, 5) is 8.67. The maximum Gasteiger partial charge on any atom is 0.141 e. The van der Waals surface area contributed by atoms with Gasteiger partial charge in [-0.1, -0.05) is 32.9 Å². The molecule has 1 N–H and O–H groups in total. The molecule has 2 aromatic carbocycles. The van der Waals surface area contributed by atoms with Gasteiger partial charge in [0, 0.05) is 17.1 Å². The van der Waals surface area contributed by atoms with Crippen LogP contribution in [0.5, 0.6) is 5.75 Å². The second-order valence-electron chi connectivity index (χ2n) is 6.56. The fourth-order valence-electron chi connectivity index (χ4n) is 2.45. The van der Waals surface area contributed by atoms with E-state index in [4.69, 9.17) is 4.74 Å². The van der Waals surface area contributed by atoms with E-state index in [-0.39, 0.29) is 5.41 Å². The van der Waals surface area contributed by atoms with E-state index in [0.29, 0.717) is 0 Å². The minimum Gasteiger partial charge on any atom is -0.497 e. The minimum absolute atomic E-state index is 0.150. The van der Waals surface area contributed by atoms with Crippen molar-refractivity contribution in [3.8, 4) is 5.75 Å². The van der Waals surface area contributed by atoms with Crippen LogP contribution in [0.15, 0.2) is 48.8 Å². The van der Waals surface area contributed by atoms with Crippen molar-refractivity contribution in [3.63, 3.8) is 0 Å². The lowest BCUT2D eigenvalue weighted by Gasteiger charge is -2.19. The molecule has 0 saturated carbocycles. The van der Waals surface area contributed by atoms with Gasteiger partial charge < -0.3 is 10.1 Å². The summed E-state index contributed by atoms with van der Waals surface area (Å²) in [6, 6.07) is 14.3. The fraction of sp³-hybridized carbons (Fsp3) is 0.263. The molecule has 0 saturated heterocycles. The van der Waals surface area contributed by atoms with Crippen LogP contribution in [0.3, 0.4) is 0 Å². The molecule has 0 atom stereocenters. The Morgan fingerprint density at radius 1 is 0.957 bits per heavy atom. The standard InChI is InChI=1S/C19H21N3O/c1-19(2,3)13-5-7-14(8-6-13)22-18-16-10-9-15(23-4)11-17(16)20-12-21-18/h5-12H,1-4H3,(H,20,21,22). The van der Waals surface area contributed by atoms with Crippen LogP contribution in [-0.4, -0.2) is 17.1 Å². The van der Waals surface area contributed by atoms with Gasteiger partial charge in [0.15, 0.2) is 0 Å². The largest absolute Gasteiger partial charge is 0.497 e. The van der Waals surface area contributed by atoms with Gasteiger partial charge in [-0.2, -0.15) is 0 Å². The lowest BCUT2D eigenvalue weighted by molar-refractivity contribution is 0.415. The first-order chi connectivity index (χ1) is 11.0. The van der Waals surface area contributed by atoms with Gasteiger partial charge in [0.2, 0.25) is 0 Å². The van der Waals surface area contributed by atoms with Crippen LogP contribution in [-0.2, 0) is 5.41 Å². The first kappa shape index (κ1) is 15.3. The lowest BCUT2D eigenvalue weighted by atomic mass is 9.87. The third-order valence-electron chi connectivity index (χ3n) is 3.86. The molecule has 0 aliphatic heterocycles. The molecular formula is C19H21N3O. The quantitative estimate of drug-likeness (QED) is 0.763. The molecule has 0 radical (unpaired) electrons. The van der Waals surface area contributed by atoms with Gasteiger partial charge in [-0.15, -0.1) is 0 Å². The number of rotatable bonds is 3. The third kappa shape index (κ3) is 3.26. The van der Waals surface area contributed by atoms with Crippen LogP contribution in [0.25, 0.3) is 10.9 Å². The molecule has 118 valence electrons. The average Bonchev–Trinajstić information content (AvgIpc) is 2.54. The summed E-state index contributed by atoms with van der Waals surface area (Å²) in [5.41, 5.74) is 3.32. The molecule has 1 aromatic heterocycles. The molecule has 0 aliphatic rings. The highest BCUT2D eigenvalue weighted by Crippen LogP contribution is 2.28. The Hall–Kier alpha value is -2.62. The number of nitrogens with zero attached hydrogens (tertiary/aromatic N) is 2. The molecule has 23 heavy (non-hydrogen) atoms. The normalized spacial score (nSPS) is 11.5. The summed E-state index contributed by atoms with van der Waals surface area (Å²) in [5.74, 6) is 1.58. The van der Waals surface area contributed by atoms with Crippen molar-refractivity contribution in [1.29, 1.82) is 0 Å². The van der Waals surface area contributed by atoms with Crippen molar-refractivity contribution in [3.05, 3.63) is 54.4 Å². The number of fused-ring (bicyclic) bond motifs is 1. The SMILES string of the molecule is COc1ccc2c(Nc3ccc(C(C)(C)C)cc3)ncnc2c1. The van der Waals surface area contributed by atoms with Crippen LogP contribution in [0.1, 0.15) is 26.3 Å². The van der Waals surface area contributed by atoms with E-state index < -0.39 is 0 Å². The van der Waals surface area contributed by atoms with Crippen LogP contribution in [0.2, 0.25) is 0 Å². The average molecular weight is 307 g/mol. The molecule has 0 aliphatic carbocycles. The van der Waals surface area contributed by atoms with E-state index in [2.05, 4.69) is 60.3 Å². The number of benzene rings is 2. The summed E-state index contributed by atoms with van der Waals surface area (Å²) < 4.78 is 5.24. The summed E-state index contributed by atoms with van der Waals surface area (Å²) in [6.07, 6.45) is 1.56. The highest BCUT2D eigenvalue weighted by atomic mass is 16.5. The Balaban J connectivity index is 1.92. The van der Waals surface area contributed by atoms with E-state index in [1.54, 1.807) is 13.4 Å². The number of ether oxygens (including phenoxy) is 1. The molecule has 0 bridgehead atoms. The van der Waals surface area contributed by atoms with E-state index >= 15 is 0 Å². The molecule has 0 unspecified atom stereocenters. The Kier molecular flexibility index (Phi) is 3.90. The molecule has 0 spiro atoms. The Labute approximate surface area is 136 Å². The Bertz CT molecular complexity index is 820. The molecule has 1 heterocycles. The molecule has 4 nitrogen and oxygen atoms in total. The van der Waals surface area contributed by atoms with Crippen molar-refractivity contribution >= 4 is 22.4 Å². The number of hydrogen-bond acceptors (Lipinski definition) is 4. The Morgan fingerprint density at radius 2 is 1.70 bits per heavy atom. The number of nitrogens with one attached hydrogen (secondary N) is 1. The van der Waals surface area contributed by atoms with Crippen molar-refractivity contribution in [2.24, 2.45) is 0 Å².